The molecule has 0 aromatic heterocycles. The van der Waals surface area contributed by atoms with Gasteiger partial charge < -0.3 is 9.47 Å². The van der Waals surface area contributed by atoms with E-state index in [1.807, 2.05) is 26.0 Å². The number of nitrogens with one attached hydrogen (secondary N) is 1. The summed E-state index contributed by atoms with van der Waals surface area (Å²) in [5.74, 6) is 0.931. The van der Waals surface area contributed by atoms with Gasteiger partial charge in [-0.05, 0) is 43.2 Å². The zero-order valence-electron chi connectivity index (χ0n) is 12.4. The lowest BCUT2D eigenvalue weighted by Crippen LogP contribution is -2.17. The predicted molar refractivity (Wildman–Crippen MR) is 83.5 cm³/mol. The van der Waals surface area contributed by atoms with Crippen LogP contribution in [0.15, 0.2) is 41.5 Å². The average Bonchev–Trinajstić information content (AvgIpc) is 2.96. The molecule has 0 saturated carbocycles. The van der Waals surface area contributed by atoms with Gasteiger partial charge in [-0.25, -0.2) is 5.43 Å². The van der Waals surface area contributed by atoms with Crippen LogP contribution in [0.25, 0.3) is 0 Å². The molecule has 1 amide bonds. The quantitative estimate of drug-likeness (QED) is 0.700. The Morgan fingerprint density at radius 1 is 1.14 bits per heavy atom. The van der Waals surface area contributed by atoms with Crippen molar-refractivity contribution in [3.8, 4) is 11.5 Å². The third-order valence-electron chi connectivity index (χ3n) is 3.43. The molecular weight excluding hydrogens is 280 g/mol. The van der Waals surface area contributed by atoms with E-state index in [0.29, 0.717) is 17.1 Å². The van der Waals surface area contributed by atoms with Crippen molar-refractivity contribution in [3.63, 3.8) is 0 Å². The molecule has 0 aliphatic carbocycles. The first-order chi connectivity index (χ1) is 10.6. The highest BCUT2D eigenvalue weighted by atomic mass is 16.7. The van der Waals surface area contributed by atoms with E-state index in [-0.39, 0.29) is 12.7 Å². The lowest BCUT2D eigenvalue weighted by molar-refractivity contribution is 0.0954. The van der Waals surface area contributed by atoms with Gasteiger partial charge in [0.15, 0.2) is 11.5 Å². The number of carbonyl (C=O) groups excluding carboxylic acids is 1. The SMILES string of the molecule is Cc1ccc(/C=N/NC(=O)c2ccc3c(c2)OCO3)c(C)c1. The number of hydrogen-bond acceptors (Lipinski definition) is 4. The molecule has 0 radical (unpaired) electrons. The van der Waals surface area contributed by atoms with Gasteiger partial charge >= 0.3 is 0 Å². The number of ether oxygens (including phenoxy) is 2. The Bertz CT molecular complexity index is 754. The number of rotatable bonds is 3. The molecule has 2 aromatic rings. The fourth-order valence-corrected chi connectivity index (χ4v) is 2.23. The molecule has 1 aliphatic heterocycles. The second kappa shape index (κ2) is 5.89. The number of benzene rings is 2. The van der Waals surface area contributed by atoms with Crippen molar-refractivity contribution < 1.29 is 14.3 Å². The minimum Gasteiger partial charge on any atom is -0.454 e. The number of carbonyl (C=O) groups is 1. The van der Waals surface area contributed by atoms with Crippen molar-refractivity contribution in [2.75, 3.05) is 6.79 Å². The van der Waals surface area contributed by atoms with E-state index in [9.17, 15) is 4.79 Å². The van der Waals surface area contributed by atoms with Gasteiger partial charge in [-0.1, -0.05) is 23.8 Å². The Morgan fingerprint density at radius 3 is 2.77 bits per heavy atom. The summed E-state index contributed by atoms with van der Waals surface area (Å²) in [6.07, 6.45) is 1.64. The number of amides is 1. The first kappa shape index (κ1) is 14.1. The summed E-state index contributed by atoms with van der Waals surface area (Å²) in [6.45, 7) is 4.23. The summed E-state index contributed by atoms with van der Waals surface area (Å²) in [5.41, 5.74) is 6.26. The largest absolute Gasteiger partial charge is 0.454 e. The topological polar surface area (TPSA) is 59.9 Å². The molecule has 0 spiro atoms. The maximum Gasteiger partial charge on any atom is 0.271 e. The van der Waals surface area contributed by atoms with E-state index < -0.39 is 0 Å². The Kier molecular flexibility index (Phi) is 3.78. The third kappa shape index (κ3) is 2.93. The van der Waals surface area contributed by atoms with E-state index in [0.717, 1.165) is 11.1 Å². The Labute approximate surface area is 128 Å². The molecule has 1 aliphatic rings. The Morgan fingerprint density at radius 2 is 1.95 bits per heavy atom. The Hall–Kier alpha value is -2.82. The first-order valence-electron chi connectivity index (χ1n) is 6.94. The monoisotopic (exact) mass is 296 g/mol. The van der Waals surface area contributed by atoms with Gasteiger partial charge in [0.2, 0.25) is 6.79 Å². The van der Waals surface area contributed by atoms with Crippen LogP contribution in [0.5, 0.6) is 11.5 Å². The predicted octanol–water partition coefficient (Wildman–Crippen LogP) is 2.80. The summed E-state index contributed by atoms with van der Waals surface area (Å²) in [5, 5.41) is 4.01. The molecule has 22 heavy (non-hydrogen) atoms. The maximum absolute atomic E-state index is 12.1. The van der Waals surface area contributed by atoms with E-state index in [4.69, 9.17) is 9.47 Å². The van der Waals surface area contributed by atoms with Crippen LogP contribution >= 0.6 is 0 Å². The average molecular weight is 296 g/mol. The number of nitrogens with zero attached hydrogens (tertiary/aromatic N) is 1. The fraction of sp³-hybridized carbons (Fsp3) is 0.176. The van der Waals surface area contributed by atoms with E-state index in [1.54, 1.807) is 24.4 Å². The van der Waals surface area contributed by atoms with E-state index >= 15 is 0 Å². The highest BCUT2D eigenvalue weighted by Gasteiger charge is 2.15. The van der Waals surface area contributed by atoms with Crippen LogP contribution in [0, 0.1) is 13.8 Å². The van der Waals surface area contributed by atoms with Gasteiger partial charge in [-0.15, -0.1) is 0 Å². The van der Waals surface area contributed by atoms with Gasteiger partial charge in [-0.2, -0.15) is 5.10 Å². The highest BCUT2D eigenvalue weighted by Crippen LogP contribution is 2.32. The smallest absolute Gasteiger partial charge is 0.271 e. The lowest BCUT2D eigenvalue weighted by Gasteiger charge is -2.03. The number of aryl methyl sites for hydroxylation is 2. The molecule has 5 nitrogen and oxygen atoms in total. The van der Waals surface area contributed by atoms with Crippen LogP contribution in [0.3, 0.4) is 0 Å². The van der Waals surface area contributed by atoms with Crippen LogP contribution in [-0.4, -0.2) is 18.9 Å². The van der Waals surface area contributed by atoms with Crippen molar-refractivity contribution >= 4 is 12.1 Å². The molecule has 0 bridgehead atoms. The molecule has 5 heteroatoms. The lowest BCUT2D eigenvalue weighted by atomic mass is 10.1. The molecule has 1 heterocycles. The van der Waals surface area contributed by atoms with Gasteiger partial charge in [0.1, 0.15) is 0 Å². The normalized spacial score (nSPS) is 12.6. The van der Waals surface area contributed by atoms with E-state index in [2.05, 4.69) is 16.6 Å². The molecular formula is C17H16N2O3. The summed E-state index contributed by atoms with van der Waals surface area (Å²) < 4.78 is 10.5. The Balaban J connectivity index is 1.68. The van der Waals surface area contributed by atoms with Crippen molar-refractivity contribution in [3.05, 3.63) is 58.7 Å². The second-order valence-electron chi connectivity index (χ2n) is 5.13. The zero-order valence-corrected chi connectivity index (χ0v) is 12.4. The maximum atomic E-state index is 12.1. The van der Waals surface area contributed by atoms with Crippen LogP contribution < -0.4 is 14.9 Å². The van der Waals surface area contributed by atoms with Gasteiger partial charge in [-0.3, -0.25) is 4.79 Å². The molecule has 1 N–H and O–H groups in total. The molecule has 0 unspecified atom stereocenters. The molecule has 2 aromatic carbocycles. The van der Waals surface area contributed by atoms with Gasteiger partial charge in [0.05, 0.1) is 6.21 Å². The zero-order chi connectivity index (χ0) is 15.5. The molecule has 0 saturated heterocycles. The van der Waals surface area contributed by atoms with Crippen molar-refractivity contribution in [1.82, 2.24) is 5.43 Å². The number of fused-ring (bicyclic) bond motifs is 1. The van der Waals surface area contributed by atoms with Crippen LogP contribution in [-0.2, 0) is 0 Å². The number of hydrogen-bond donors (Lipinski definition) is 1. The van der Waals surface area contributed by atoms with Crippen molar-refractivity contribution in [1.29, 1.82) is 0 Å². The fourth-order valence-electron chi connectivity index (χ4n) is 2.23. The summed E-state index contributed by atoms with van der Waals surface area (Å²) in [6, 6.07) is 11.1. The van der Waals surface area contributed by atoms with Crippen molar-refractivity contribution in [2.24, 2.45) is 5.10 Å². The summed E-state index contributed by atoms with van der Waals surface area (Å²) in [7, 11) is 0. The molecule has 0 atom stereocenters. The van der Waals surface area contributed by atoms with Crippen molar-refractivity contribution in [2.45, 2.75) is 13.8 Å². The van der Waals surface area contributed by atoms with Gasteiger partial charge in [0.25, 0.3) is 5.91 Å². The minimum absolute atomic E-state index is 0.186. The summed E-state index contributed by atoms with van der Waals surface area (Å²) in [4.78, 5) is 12.1. The molecule has 0 fully saturated rings. The molecule has 3 rings (SSSR count). The third-order valence-corrected chi connectivity index (χ3v) is 3.43. The highest BCUT2D eigenvalue weighted by molar-refractivity contribution is 5.95. The van der Waals surface area contributed by atoms with Crippen LogP contribution in [0.4, 0.5) is 0 Å². The van der Waals surface area contributed by atoms with Crippen LogP contribution in [0.2, 0.25) is 0 Å². The van der Waals surface area contributed by atoms with Gasteiger partial charge in [0, 0.05) is 5.56 Å². The minimum atomic E-state index is -0.292. The summed E-state index contributed by atoms with van der Waals surface area (Å²) >= 11 is 0. The van der Waals surface area contributed by atoms with E-state index in [1.165, 1.54) is 5.56 Å². The second-order valence-corrected chi connectivity index (χ2v) is 5.13. The first-order valence-corrected chi connectivity index (χ1v) is 6.94. The molecule has 112 valence electrons. The standard InChI is InChI=1S/C17H16N2O3/c1-11-3-4-14(12(2)7-11)9-18-19-17(20)13-5-6-15-16(8-13)22-10-21-15/h3-9H,10H2,1-2H3,(H,19,20)/b18-9+. The van der Waals surface area contributed by atoms with Crippen LogP contribution in [0.1, 0.15) is 27.0 Å². The number of hydrazone groups is 1.